The number of para-hydroxylation sites is 2. The molecule has 2 heterocycles. The van der Waals surface area contributed by atoms with E-state index in [-0.39, 0.29) is 18.2 Å². The van der Waals surface area contributed by atoms with Crippen LogP contribution < -0.4 is 15.5 Å². The Morgan fingerprint density at radius 2 is 1.77 bits per heavy atom. The van der Waals surface area contributed by atoms with Crippen molar-refractivity contribution in [1.82, 2.24) is 4.90 Å². The average molecular weight is 302 g/mol. The van der Waals surface area contributed by atoms with Crippen LogP contribution in [0.2, 0.25) is 0 Å². The SMILES string of the molecule is CN1CCN(c2ccccc2N2CC(C(N)=O)CC2=O)CC1. The number of carbonyl (C=O) groups excluding carboxylic acids is 2. The number of hydrogen-bond donors (Lipinski definition) is 1. The zero-order valence-electron chi connectivity index (χ0n) is 12.9. The van der Waals surface area contributed by atoms with Crippen LogP contribution in [0.5, 0.6) is 0 Å². The highest BCUT2D eigenvalue weighted by Crippen LogP contribution is 2.34. The van der Waals surface area contributed by atoms with Crippen LogP contribution in [0.1, 0.15) is 6.42 Å². The van der Waals surface area contributed by atoms with Crippen LogP contribution in [0.15, 0.2) is 24.3 Å². The van der Waals surface area contributed by atoms with Gasteiger partial charge < -0.3 is 20.4 Å². The highest BCUT2D eigenvalue weighted by molar-refractivity contribution is 6.02. The zero-order chi connectivity index (χ0) is 15.7. The lowest BCUT2D eigenvalue weighted by Gasteiger charge is -2.36. The summed E-state index contributed by atoms with van der Waals surface area (Å²) in [5, 5.41) is 0. The second kappa shape index (κ2) is 5.96. The molecule has 1 aromatic rings. The van der Waals surface area contributed by atoms with Crippen LogP contribution >= 0.6 is 0 Å². The minimum atomic E-state index is -0.395. The predicted molar refractivity (Wildman–Crippen MR) is 85.8 cm³/mol. The van der Waals surface area contributed by atoms with Gasteiger partial charge in [0.05, 0.1) is 17.3 Å². The topological polar surface area (TPSA) is 69.9 Å². The normalized spacial score (nSPS) is 23.1. The molecule has 0 bridgehead atoms. The van der Waals surface area contributed by atoms with E-state index in [4.69, 9.17) is 5.73 Å². The van der Waals surface area contributed by atoms with E-state index in [9.17, 15) is 9.59 Å². The molecule has 0 spiro atoms. The van der Waals surface area contributed by atoms with Crippen molar-refractivity contribution in [3.63, 3.8) is 0 Å². The number of rotatable bonds is 3. The van der Waals surface area contributed by atoms with Gasteiger partial charge in [0.1, 0.15) is 0 Å². The maximum absolute atomic E-state index is 12.3. The van der Waals surface area contributed by atoms with Crippen molar-refractivity contribution in [1.29, 1.82) is 0 Å². The number of likely N-dealkylation sites (N-methyl/N-ethyl adjacent to an activating group) is 1. The number of nitrogens with zero attached hydrogens (tertiary/aromatic N) is 3. The van der Waals surface area contributed by atoms with E-state index in [2.05, 4.69) is 16.8 Å². The Morgan fingerprint density at radius 3 is 2.36 bits per heavy atom. The van der Waals surface area contributed by atoms with Crippen molar-refractivity contribution >= 4 is 23.2 Å². The molecular weight excluding hydrogens is 280 g/mol. The summed E-state index contributed by atoms with van der Waals surface area (Å²) in [6, 6.07) is 7.92. The lowest BCUT2D eigenvalue weighted by atomic mass is 10.1. The molecule has 0 aromatic heterocycles. The minimum Gasteiger partial charge on any atom is -0.369 e. The maximum atomic E-state index is 12.3. The third-order valence-corrected chi connectivity index (χ3v) is 4.54. The molecule has 1 unspecified atom stereocenters. The Bertz CT molecular complexity index is 581. The monoisotopic (exact) mass is 302 g/mol. The summed E-state index contributed by atoms with van der Waals surface area (Å²) >= 11 is 0. The number of carbonyl (C=O) groups is 2. The fourth-order valence-electron chi connectivity index (χ4n) is 3.14. The number of amides is 2. The lowest BCUT2D eigenvalue weighted by molar-refractivity contribution is -0.123. The van der Waals surface area contributed by atoms with E-state index in [0.717, 1.165) is 37.6 Å². The second-order valence-corrected chi connectivity index (χ2v) is 6.09. The first kappa shape index (κ1) is 14.8. The Labute approximate surface area is 130 Å². The van der Waals surface area contributed by atoms with E-state index < -0.39 is 5.91 Å². The summed E-state index contributed by atoms with van der Waals surface area (Å²) in [5.41, 5.74) is 7.32. The van der Waals surface area contributed by atoms with E-state index >= 15 is 0 Å². The Morgan fingerprint density at radius 1 is 1.14 bits per heavy atom. The van der Waals surface area contributed by atoms with E-state index in [1.54, 1.807) is 4.90 Å². The van der Waals surface area contributed by atoms with Crippen molar-refractivity contribution in [3.8, 4) is 0 Å². The van der Waals surface area contributed by atoms with Gasteiger partial charge in [0.25, 0.3) is 0 Å². The molecule has 3 rings (SSSR count). The van der Waals surface area contributed by atoms with Crippen molar-refractivity contribution in [2.24, 2.45) is 11.7 Å². The quantitative estimate of drug-likeness (QED) is 0.870. The first-order valence-corrected chi connectivity index (χ1v) is 7.68. The summed E-state index contributed by atoms with van der Waals surface area (Å²) in [5.74, 6) is -0.800. The number of hydrogen-bond acceptors (Lipinski definition) is 4. The molecule has 2 N–H and O–H groups in total. The number of piperazine rings is 1. The van der Waals surface area contributed by atoms with Gasteiger partial charge in [-0.1, -0.05) is 12.1 Å². The van der Waals surface area contributed by atoms with Gasteiger partial charge in [-0.2, -0.15) is 0 Å². The summed E-state index contributed by atoms with van der Waals surface area (Å²) in [6.45, 7) is 4.28. The standard InChI is InChI=1S/C16H22N4O2/c1-18-6-8-19(9-7-18)13-4-2-3-5-14(13)20-11-12(16(17)22)10-15(20)21/h2-5,12H,6-11H2,1H3,(H2,17,22). The first-order chi connectivity index (χ1) is 10.6. The number of primary amides is 1. The molecule has 2 fully saturated rings. The number of nitrogens with two attached hydrogens (primary N) is 1. The number of anilines is 2. The third-order valence-electron chi connectivity index (χ3n) is 4.54. The molecule has 1 atom stereocenters. The van der Waals surface area contributed by atoms with Crippen molar-refractivity contribution in [3.05, 3.63) is 24.3 Å². The fraction of sp³-hybridized carbons (Fsp3) is 0.500. The Balaban J connectivity index is 1.85. The molecule has 1 aromatic carbocycles. The summed E-state index contributed by atoms with van der Waals surface area (Å²) < 4.78 is 0. The van der Waals surface area contributed by atoms with Crippen LogP contribution in [0.4, 0.5) is 11.4 Å². The molecule has 0 saturated carbocycles. The second-order valence-electron chi connectivity index (χ2n) is 6.09. The molecule has 6 heteroatoms. The largest absolute Gasteiger partial charge is 0.369 e. The molecule has 118 valence electrons. The van der Waals surface area contributed by atoms with Crippen molar-refractivity contribution in [2.75, 3.05) is 49.6 Å². The minimum absolute atomic E-state index is 0.0228. The average Bonchev–Trinajstić information content (AvgIpc) is 2.90. The molecular formula is C16H22N4O2. The molecule has 0 aliphatic carbocycles. The van der Waals surface area contributed by atoms with Crippen molar-refractivity contribution < 1.29 is 9.59 Å². The van der Waals surface area contributed by atoms with Crippen LogP contribution in [-0.4, -0.2) is 56.5 Å². The number of benzene rings is 1. The summed E-state index contributed by atoms with van der Waals surface area (Å²) in [4.78, 5) is 30.0. The summed E-state index contributed by atoms with van der Waals surface area (Å²) in [6.07, 6.45) is 0.215. The van der Waals surface area contributed by atoms with Crippen LogP contribution in [0.25, 0.3) is 0 Å². The fourth-order valence-corrected chi connectivity index (χ4v) is 3.14. The molecule has 2 aliphatic rings. The van der Waals surface area contributed by atoms with Gasteiger partial charge in [-0.3, -0.25) is 9.59 Å². The Hall–Kier alpha value is -2.08. The molecule has 2 amide bonds. The molecule has 2 aliphatic heterocycles. The zero-order valence-corrected chi connectivity index (χ0v) is 12.9. The van der Waals surface area contributed by atoms with Gasteiger partial charge in [0, 0.05) is 39.1 Å². The predicted octanol–water partition coefficient (Wildman–Crippen LogP) is 0.277. The van der Waals surface area contributed by atoms with E-state index in [1.165, 1.54) is 0 Å². The van der Waals surface area contributed by atoms with Gasteiger partial charge in [0.2, 0.25) is 11.8 Å². The molecule has 0 radical (unpaired) electrons. The van der Waals surface area contributed by atoms with Crippen molar-refractivity contribution in [2.45, 2.75) is 6.42 Å². The van der Waals surface area contributed by atoms with E-state index in [0.29, 0.717) is 6.54 Å². The van der Waals surface area contributed by atoms with Gasteiger partial charge >= 0.3 is 0 Å². The smallest absolute Gasteiger partial charge is 0.227 e. The third kappa shape index (κ3) is 2.78. The van der Waals surface area contributed by atoms with Crippen LogP contribution in [0, 0.1) is 5.92 Å². The lowest BCUT2D eigenvalue weighted by Crippen LogP contribution is -2.45. The highest BCUT2D eigenvalue weighted by atomic mass is 16.2. The van der Waals surface area contributed by atoms with Gasteiger partial charge in [-0.05, 0) is 19.2 Å². The van der Waals surface area contributed by atoms with Gasteiger partial charge in [0.15, 0.2) is 0 Å². The first-order valence-electron chi connectivity index (χ1n) is 7.68. The van der Waals surface area contributed by atoms with Crippen LogP contribution in [-0.2, 0) is 9.59 Å². The maximum Gasteiger partial charge on any atom is 0.227 e. The Kier molecular flexibility index (Phi) is 4.02. The van der Waals surface area contributed by atoms with Crippen LogP contribution in [0.3, 0.4) is 0 Å². The van der Waals surface area contributed by atoms with Gasteiger partial charge in [-0.25, -0.2) is 0 Å². The van der Waals surface area contributed by atoms with Gasteiger partial charge in [-0.15, -0.1) is 0 Å². The van der Waals surface area contributed by atoms with E-state index in [1.807, 2.05) is 24.3 Å². The molecule has 22 heavy (non-hydrogen) atoms. The molecule has 2 saturated heterocycles. The molecule has 6 nitrogen and oxygen atoms in total. The highest BCUT2D eigenvalue weighted by Gasteiger charge is 2.35. The summed E-state index contributed by atoms with van der Waals surface area (Å²) in [7, 11) is 2.12.